The van der Waals surface area contributed by atoms with Crippen molar-refractivity contribution in [3.8, 4) is 0 Å². The van der Waals surface area contributed by atoms with Crippen LogP contribution in [0.3, 0.4) is 0 Å². The van der Waals surface area contributed by atoms with Crippen LogP contribution in [0.4, 0.5) is 0 Å². The third kappa shape index (κ3) is 5.58. The molecule has 2 saturated heterocycles. The maximum Gasteiger partial charge on any atom is 0.228 e. The summed E-state index contributed by atoms with van der Waals surface area (Å²) in [6.45, 7) is 4.57. The molecule has 0 aromatic heterocycles. The van der Waals surface area contributed by atoms with Crippen molar-refractivity contribution in [2.45, 2.75) is 76.7 Å². The third-order valence-corrected chi connectivity index (χ3v) is 9.39. The molecule has 0 spiro atoms. The minimum Gasteiger partial charge on any atom is -0.342 e. The third-order valence-electron chi connectivity index (χ3n) is 9.14. The quantitative estimate of drug-likeness (QED) is 0.505. The SMILES string of the molecule is CN(C(=O)CCCC1CC1)[C@H]1CN(C(=O)C2CCN(C(=O)C3(C)CC3)CC2)C[C@@H]1c1ccc(Cl)cc1. The van der Waals surface area contributed by atoms with Crippen molar-refractivity contribution in [3.63, 3.8) is 0 Å². The van der Waals surface area contributed by atoms with E-state index < -0.39 is 0 Å². The molecule has 2 saturated carbocycles. The van der Waals surface area contributed by atoms with Crippen LogP contribution in [0.1, 0.15) is 76.2 Å². The highest BCUT2D eigenvalue weighted by Crippen LogP contribution is 2.47. The van der Waals surface area contributed by atoms with E-state index in [1.54, 1.807) is 0 Å². The molecule has 2 aliphatic heterocycles. The average molecular weight is 514 g/mol. The molecule has 0 unspecified atom stereocenters. The van der Waals surface area contributed by atoms with Gasteiger partial charge in [0.15, 0.2) is 0 Å². The van der Waals surface area contributed by atoms with Crippen LogP contribution >= 0.6 is 11.6 Å². The van der Waals surface area contributed by atoms with E-state index in [0.29, 0.717) is 37.6 Å². The first-order valence-electron chi connectivity index (χ1n) is 13.8. The number of nitrogens with zero attached hydrogens (tertiary/aromatic N) is 3. The molecule has 7 heteroatoms. The number of rotatable bonds is 8. The molecule has 2 atom stereocenters. The van der Waals surface area contributed by atoms with Gasteiger partial charge in [0.05, 0.1) is 6.04 Å². The number of likely N-dealkylation sites (tertiary alicyclic amines) is 2. The summed E-state index contributed by atoms with van der Waals surface area (Å²) in [6.07, 6.45) is 8.73. The van der Waals surface area contributed by atoms with Gasteiger partial charge in [0.25, 0.3) is 0 Å². The zero-order chi connectivity index (χ0) is 25.4. The van der Waals surface area contributed by atoms with Crippen LogP contribution in [0.25, 0.3) is 0 Å². The van der Waals surface area contributed by atoms with Gasteiger partial charge in [-0.3, -0.25) is 14.4 Å². The first-order chi connectivity index (χ1) is 17.2. The number of carbonyl (C=O) groups excluding carboxylic acids is 3. The molecule has 4 fully saturated rings. The second kappa shape index (κ2) is 10.4. The molecule has 0 N–H and O–H groups in total. The van der Waals surface area contributed by atoms with Crippen molar-refractivity contribution in [2.75, 3.05) is 33.2 Å². The Morgan fingerprint density at radius 3 is 2.28 bits per heavy atom. The van der Waals surface area contributed by atoms with Crippen LogP contribution in [0.2, 0.25) is 5.02 Å². The molecule has 2 aliphatic carbocycles. The molecule has 1 aromatic carbocycles. The standard InChI is InChI=1S/C29H40ClN3O3/c1-29(14-15-29)28(36)32-16-12-22(13-17-32)27(35)33-18-24(21-8-10-23(30)11-9-21)25(19-33)31(2)26(34)5-3-4-20-6-7-20/h8-11,20,22,24-25H,3-7,12-19H2,1-2H3/t24-,25+/m1/s1. The second-order valence-corrected chi connectivity index (χ2v) is 12.4. The molecule has 1 aromatic rings. The van der Waals surface area contributed by atoms with Crippen molar-refractivity contribution in [1.82, 2.24) is 14.7 Å². The van der Waals surface area contributed by atoms with Gasteiger partial charge >= 0.3 is 0 Å². The fraction of sp³-hybridized carbons (Fsp3) is 0.690. The molecule has 2 heterocycles. The predicted molar refractivity (Wildman–Crippen MR) is 141 cm³/mol. The monoisotopic (exact) mass is 513 g/mol. The minimum absolute atomic E-state index is 0.0416. The molecule has 0 bridgehead atoms. The summed E-state index contributed by atoms with van der Waals surface area (Å²) in [7, 11) is 1.91. The number of benzene rings is 1. The van der Waals surface area contributed by atoms with E-state index in [1.165, 1.54) is 12.8 Å². The van der Waals surface area contributed by atoms with Gasteiger partial charge in [0, 0.05) is 61.9 Å². The highest BCUT2D eigenvalue weighted by molar-refractivity contribution is 6.30. The smallest absolute Gasteiger partial charge is 0.228 e. The minimum atomic E-state index is -0.152. The van der Waals surface area contributed by atoms with Gasteiger partial charge < -0.3 is 14.7 Å². The lowest BCUT2D eigenvalue weighted by Gasteiger charge is -2.34. The molecule has 3 amide bonds. The van der Waals surface area contributed by atoms with Gasteiger partial charge in [-0.2, -0.15) is 0 Å². The maximum absolute atomic E-state index is 13.6. The van der Waals surface area contributed by atoms with Crippen LogP contribution < -0.4 is 0 Å². The number of hydrogen-bond acceptors (Lipinski definition) is 3. The summed E-state index contributed by atoms with van der Waals surface area (Å²) in [5, 5.41) is 0.687. The van der Waals surface area contributed by atoms with Crippen molar-refractivity contribution < 1.29 is 14.4 Å². The van der Waals surface area contributed by atoms with Crippen molar-refractivity contribution >= 4 is 29.3 Å². The molecule has 6 nitrogen and oxygen atoms in total. The largest absolute Gasteiger partial charge is 0.342 e. The van der Waals surface area contributed by atoms with Crippen molar-refractivity contribution in [2.24, 2.45) is 17.3 Å². The maximum atomic E-state index is 13.6. The van der Waals surface area contributed by atoms with Crippen LogP contribution in [-0.4, -0.2) is 71.7 Å². The fourth-order valence-electron chi connectivity index (χ4n) is 6.08. The topological polar surface area (TPSA) is 60.9 Å². The Hall–Kier alpha value is -2.08. The van der Waals surface area contributed by atoms with E-state index in [9.17, 15) is 14.4 Å². The summed E-state index contributed by atoms with van der Waals surface area (Å²) >= 11 is 6.15. The van der Waals surface area contributed by atoms with Gasteiger partial charge in [-0.05, 0) is 62.1 Å². The molecule has 36 heavy (non-hydrogen) atoms. The molecule has 0 radical (unpaired) electrons. The predicted octanol–water partition coefficient (Wildman–Crippen LogP) is 4.71. The number of carbonyl (C=O) groups is 3. The molecular formula is C29H40ClN3O3. The number of piperidine rings is 1. The number of likely N-dealkylation sites (N-methyl/N-ethyl adjacent to an activating group) is 1. The first-order valence-corrected chi connectivity index (χ1v) is 14.2. The van der Waals surface area contributed by atoms with Gasteiger partial charge in [-0.15, -0.1) is 0 Å². The Morgan fingerprint density at radius 2 is 1.67 bits per heavy atom. The van der Waals surface area contributed by atoms with Gasteiger partial charge in [-0.1, -0.05) is 43.5 Å². The first kappa shape index (κ1) is 25.6. The Balaban J connectivity index is 1.23. The molecule has 196 valence electrons. The Bertz CT molecular complexity index is 980. The van der Waals surface area contributed by atoms with Crippen LogP contribution in [0.5, 0.6) is 0 Å². The lowest BCUT2D eigenvalue weighted by atomic mass is 9.93. The van der Waals surface area contributed by atoms with Crippen LogP contribution in [0.15, 0.2) is 24.3 Å². The van der Waals surface area contributed by atoms with E-state index in [4.69, 9.17) is 11.6 Å². The van der Waals surface area contributed by atoms with Gasteiger partial charge in [-0.25, -0.2) is 0 Å². The summed E-state index contributed by atoms with van der Waals surface area (Å²) in [6, 6.07) is 7.80. The van der Waals surface area contributed by atoms with E-state index >= 15 is 0 Å². The normalized spacial score (nSPS) is 25.6. The second-order valence-electron chi connectivity index (χ2n) is 11.9. The number of hydrogen-bond donors (Lipinski definition) is 0. The van der Waals surface area contributed by atoms with E-state index in [2.05, 4.69) is 6.92 Å². The highest BCUT2D eigenvalue weighted by atomic mass is 35.5. The summed E-state index contributed by atoms with van der Waals surface area (Å²) in [5.41, 5.74) is 0.969. The number of halogens is 1. The van der Waals surface area contributed by atoms with Crippen LogP contribution in [-0.2, 0) is 14.4 Å². The average Bonchev–Trinajstić information content (AvgIpc) is 3.81. The Morgan fingerprint density at radius 1 is 1.00 bits per heavy atom. The summed E-state index contributed by atoms with van der Waals surface area (Å²) < 4.78 is 0. The lowest BCUT2D eigenvalue weighted by molar-refractivity contribution is -0.142. The van der Waals surface area contributed by atoms with Crippen LogP contribution in [0, 0.1) is 17.3 Å². The summed E-state index contributed by atoms with van der Waals surface area (Å²) in [4.78, 5) is 45.3. The van der Waals surface area contributed by atoms with E-state index in [0.717, 1.165) is 50.0 Å². The molecular weight excluding hydrogens is 474 g/mol. The Kier molecular flexibility index (Phi) is 7.35. The number of amides is 3. The highest BCUT2D eigenvalue weighted by Gasteiger charge is 2.48. The fourth-order valence-corrected chi connectivity index (χ4v) is 6.20. The van der Waals surface area contributed by atoms with Gasteiger partial charge in [0.2, 0.25) is 17.7 Å². The van der Waals surface area contributed by atoms with E-state index in [1.807, 2.05) is 46.0 Å². The summed E-state index contributed by atoms with van der Waals surface area (Å²) in [5.74, 6) is 1.47. The van der Waals surface area contributed by atoms with Crippen molar-refractivity contribution in [1.29, 1.82) is 0 Å². The zero-order valence-electron chi connectivity index (χ0n) is 21.8. The van der Waals surface area contributed by atoms with Crippen molar-refractivity contribution in [3.05, 3.63) is 34.9 Å². The van der Waals surface area contributed by atoms with Gasteiger partial charge in [0.1, 0.15) is 0 Å². The molecule has 4 aliphatic rings. The van der Waals surface area contributed by atoms with E-state index in [-0.39, 0.29) is 41.0 Å². The Labute approximate surface area is 220 Å². The lowest BCUT2D eigenvalue weighted by Crippen LogP contribution is -2.46. The zero-order valence-corrected chi connectivity index (χ0v) is 22.5. The molecule has 5 rings (SSSR count).